The predicted octanol–water partition coefficient (Wildman–Crippen LogP) is 0.520. The standard InChI is InChI=1S/C10H20N2O2/c1-2-8-3-5-12(6-4-8)7-9(11)10(13)14/h8-9H,2-7,11H2,1H3,(H,13,14). The summed E-state index contributed by atoms with van der Waals surface area (Å²) >= 11 is 0. The molecule has 0 spiro atoms. The molecule has 1 heterocycles. The quantitative estimate of drug-likeness (QED) is 0.694. The third kappa shape index (κ3) is 3.27. The molecular formula is C10H20N2O2. The van der Waals surface area contributed by atoms with Gasteiger partial charge in [-0.3, -0.25) is 4.79 Å². The number of carboxylic acids is 1. The Morgan fingerprint density at radius 2 is 2.14 bits per heavy atom. The summed E-state index contributed by atoms with van der Waals surface area (Å²) in [5.41, 5.74) is 5.47. The van der Waals surface area contributed by atoms with Gasteiger partial charge < -0.3 is 15.7 Å². The summed E-state index contributed by atoms with van der Waals surface area (Å²) in [5.74, 6) is -0.0742. The fourth-order valence-corrected chi connectivity index (χ4v) is 1.93. The molecule has 1 unspecified atom stereocenters. The molecule has 0 aromatic carbocycles. The molecule has 1 rings (SSSR count). The van der Waals surface area contributed by atoms with E-state index in [0.717, 1.165) is 19.0 Å². The van der Waals surface area contributed by atoms with E-state index in [1.807, 2.05) is 0 Å². The summed E-state index contributed by atoms with van der Waals surface area (Å²) in [6.07, 6.45) is 3.60. The van der Waals surface area contributed by atoms with Gasteiger partial charge in [0, 0.05) is 6.54 Å². The minimum absolute atomic E-state index is 0.492. The van der Waals surface area contributed by atoms with Gasteiger partial charge in [0.25, 0.3) is 0 Å². The number of nitrogens with two attached hydrogens (primary N) is 1. The van der Waals surface area contributed by atoms with Crippen molar-refractivity contribution < 1.29 is 9.90 Å². The van der Waals surface area contributed by atoms with Crippen LogP contribution >= 0.6 is 0 Å². The number of likely N-dealkylation sites (tertiary alicyclic amines) is 1. The molecule has 0 aromatic rings. The van der Waals surface area contributed by atoms with Gasteiger partial charge >= 0.3 is 5.97 Å². The molecule has 1 aliphatic rings. The topological polar surface area (TPSA) is 66.6 Å². The van der Waals surface area contributed by atoms with E-state index in [1.54, 1.807) is 0 Å². The van der Waals surface area contributed by atoms with Crippen LogP contribution < -0.4 is 5.73 Å². The maximum Gasteiger partial charge on any atom is 0.321 e. The average molecular weight is 200 g/mol. The van der Waals surface area contributed by atoms with Crippen LogP contribution in [0.2, 0.25) is 0 Å². The molecule has 1 atom stereocenters. The second-order valence-corrected chi connectivity index (χ2v) is 4.10. The van der Waals surface area contributed by atoms with Gasteiger partial charge in [-0.15, -0.1) is 0 Å². The number of carboxylic acid groups (broad SMARTS) is 1. The Kier molecular flexibility index (Phi) is 4.35. The molecule has 1 fully saturated rings. The average Bonchev–Trinajstić information content (AvgIpc) is 2.19. The normalized spacial score (nSPS) is 22.1. The molecule has 4 nitrogen and oxygen atoms in total. The first-order chi connectivity index (χ1) is 6.63. The van der Waals surface area contributed by atoms with Crippen LogP contribution in [-0.2, 0) is 4.79 Å². The van der Waals surface area contributed by atoms with Crippen LogP contribution in [0.1, 0.15) is 26.2 Å². The van der Waals surface area contributed by atoms with Crippen molar-refractivity contribution in [3.63, 3.8) is 0 Å². The van der Waals surface area contributed by atoms with Crippen LogP contribution in [0, 0.1) is 5.92 Å². The second-order valence-electron chi connectivity index (χ2n) is 4.10. The number of carbonyl (C=O) groups is 1. The molecule has 0 saturated carbocycles. The van der Waals surface area contributed by atoms with Crippen LogP contribution in [0.5, 0.6) is 0 Å². The maximum absolute atomic E-state index is 10.5. The van der Waals surface area contributed by atoms with E-state index in [2.05, 4.69) is 11.8 Å². The maximum atomic E-state index is 10.5. The summed E-state index contributed by atoms with van der Waals surface area (Å²) in [6.45, 7) is 4.70. The summed E-state index contributed by atoms with van der Waals surface area (Å²) in [4.78, 5) is 12.7. The molecule has 0 aliphatic carbocycles. The lowest BCUT2D eigenvalue weighted by Gasteiger charge is -2.32. The van der Waals surface area contributed by atoms with Gasteiger partial charge in [-0.25, -0.2) is 0 Å². The molecule has 1 aliphatic heterocycles. The summed E-state index contributed by atoms with van der Waals surface area (Å²) in [5, 5.41) is 8.66. The van der Waals surface area contributed by atoms with E-state index in [4.69, 9.17) is 10.8 Å². The van der Waals surface area contributed by atoms with Crippen molar-refractivity contribution >= 4 is 5.97 Å². The SMILES string of the molecule is CCC1CCN(CC(N)C(=O)O)CC1. The van der Waals surface area contributed by atoms with Crippen LogP contribution in [0.15, 0.2) is 0 Å². The van der Waals surface area contributed by atoms with E-state index in [0.29, 0.717) is 6.54 Å². The van der Waals surface area contributed by atoms with Crippen molar-refractivity contribution in [3.8, 4) is 0 Å². The molecule has 3 N–H and O–H groups in total. The first-order valence-electron chi connectivity index (χ1n) is 5.34. The molecule has 0 amide bonds. The minimum atomic E-state index is -0.900. The fourth-order valence-electron chi connectivity index (χ4n) is 1.93. The lowest BCUT2D eigenvalue weighted by Crippen LogP contribution is -2.45. The molecule has 0 bridgehead atoms. The zero-order valence-corrected chi connectivity index (χ0v) is 8.78. The van der Waals surface area contributed by atoms with Gasteiger partial charge in [0.2, 0.25) is 0 Å². The highest BCUT2D eigenvalue weighted by Gasteiger charge is 2.21. The van der Waals surface area contributed by atoms with Crippen molar-refractivity contribution in [1.82, 2.24) is 4.90 Å². The number of aliphatic carboxylic acids is 1. The van der Waals surface area contributed by atoms with E-state index in [-0.39, 0.29) is 0 Å². The third-order valence-electron chi connectivity index (χ3n) is 3.06. The number of piperidine rings is 1. The smallest absolute Gasteiger partial charge is 0.321 e. The molecule has 82 valence electrons. The summed E-state index contributed by atoms with van der Waals surface area (Å²) in [6, 6.07) is -0.729. The number of hydrogen-bond acceptors (Lipinski definition) is 3. The highest BCUT2D eigenvalue weighted by molar-refractivity contribution is 5.73. The largest absolute Gasteiger partial charge is 0.480 e. The summed E-state index contributed by atoms with van der Waals surface area (Å²) in [7, 11) is 0. The van der Waals surface area contributed by atoms with Crippen molar-refractivity contribution in [3.05, 3.63) is 0 Å². The van der Waals surface area contributed by atoms with Crippen LogP contribution in [-0.4, -0.2) is 41.7 Å². The Bertz CT molecular complexity index is 189. The first kappa shape index (κ1) is 11.5. The fraction of sp³-hybridized carbons (Fsp3) is 0.900. The first-order valence-corrected chi connectivity index (χ1v) is 5.34. The zero-order chi connectivity index (χ0) is 10.6. The van der Waals surface area contributed by atoms with Crippen LogP contribution in [0.25, 0.3) is 0 Å². The number of nitrogens with zero attached hydrogens (tertiary/aromatic N) is 1. The minimum Gasteiger partial charge on any atom is -0.480 e. The Labute approximate surface area is 85.1 Å². The third-order valence-corrected chi connectivity index (χ3v) is 3.06. The molecule has 4 heteroatoms. The van der Waals surface area contributed by atoms with Gasteiger partial charge in [-0.05, 0) is 31.8 Å². The van der Waals surface area contributed by atoms with E-state index >= 15 is 0 Å². The van der Waals surface area contributed by atoms with Gasteiger partial charge in [0.05, 0.1) is 0 Å². The highest BCUT2D eigenvalue weighted by Crippen LogP contribution is 2.19. The zero-order valence-electron chi connectivity index (χ0n) is 8.78. The number of rotatable bonds is 4. The van der Waals surface area contributed by atoms with E-state index < -0.39 is 12.0 Å². The van der Waals surface area contributed by atoms with Crippen LogP contribution in [0.3, 0.4) is 0 Å². The van der Waals surface area contributed by atoms with Gasteiger partial charge in [-0.2, -0.15) is 0 Å². The molecular weight excluding hydrogens is 180 g/mol. The predicted molar refractivity (Wildman–Crippen MR) is 55.1 cm³/mol. The lowest BCUT2D eigenvalue weighted by molar-refractivity contribution is -0.139. The Hall–Kier alpha value is -0.610. The van der Waals surface area contributed by atoms with E-state index in [9.17, 15) is 4.79 Å². The Balaban J connectivity index is 2.25. The van der Waals surface area contributed by atoms with Gasteiger partial charge in [-0.1, -0.05) is 13.3 Å². The second kappa shape index (κ2) is 5.32. The summed E-state index contributed by atoms with van der Waals surface area (Å²) < 4.78 is 0. The number of hydrogen-bond donors (Lipinski definition) is 2. The van der Waals surface area contributed by atoms with Crippen molar-refractivity contribution in [2.45, 2.75) is 32.2 Å². The highest BCUT2D eigenvalue weighted by atomic mass is 16.4. The van der Waals surface area contributed by atoms with Crippen molar-refractivity contribution in [1.29, 1.82) is 0 Å². The van der Waals surface area contributed by atoms with Gasteiger partial charge in [0.1, 0.15) is 6.04 Å². The van der Waals surface area contributed by atoms with E-state index in [1.165, 1.54) is 19.3 Å². The van der Waals surface area contributed by atoms with Crippen molar-refractivity contribution in [2.75, 3.05) is 19.6 Å². The van der Waals surface area contributed by atoms with Gasteiger partial charge in [0.15, 0.2) is 0 Å². The lowest BCUT2D eigenvalue weighted by atomic mass is 9.94. The monoisotopic (exact) mass is 200 g/mol. The molecule has 0 aromatic heterocycles. The molecule has 1 saturated heterocycles. The van der Waals surface area contributed by atoms with Crippen LogP contribution in [0.4, 0.5) is 0 Å². The Morgan fingerprint density at radius 1 is 1.57 bits per heavy atom. The van der Waals surface area contributed by atoms with Crippen molar-refractivity contribution in [2.24, 2.45) is 11.7 Å². The molecule has 14 heavy (non-hydrogen) atoms. The Morgan fingerprint density at radius 3 is 2.57 bits per heavy atom. The molecule has 0 radical (unpaired) electrons.